The number of carboxylic acid groups (broad SMARTS) is 1. The fraction of sp³-hybridized carbons (Fsp3) is 0.579. The number of nitrogens with one attached hydrogen (secondary N) is 1. The van der Waals surface area contributed by atoms with E-state index in [0.717, 1.165) is 16.9 Å². The van der Waals surface area contributed by atoms with E-state index in [1.807, 2.05) is 25.1 Å². The van der Waals surface area contributed by atoms with Gasteiger partial charge in [0.15, 0.2) is 6.10 Å². The molecule has 0 heterocycles. The molecule has 3 atom stereocenters. The van der Waals surface area contributed by atoms with Crippen LogP contribution in [0.15, 0.2) is 18.2 Å². The number of aryl methyl sites for hydroxylation is 1. The zero-order chi connectivity index (χ0) is 17.9. The predicted molar refractivity (Wildman–Crippen MR) is 92.3 cm³/mol. The third kappa shape index (κ3) is 4.49. The van der Waals surface area contributed by atoms with E-state index in [1.54, 1.807) is 6.92 Å². The van der Waals surface area contributed by atoms with Gasteiger partial charge in [0.25, 0.3) is 5.91 Å². The third-order valence-corrected chi connectivity index (χ3v) is 4.59. The molecule has 0 aromatic heterocycles. The molecule has 0 radical (unpaired) electrons. The van der Waals surface area contributed by atoms with Gasteiger partial charge in [-0.1, -0.05) is 26.0 Å². The molecule has 0 aliphatic heterocycles. The van der Waals surface area contributed by atoms with Gasteiger partial charge in [0.05, 0.1) is 5.92 Å². The minimum atomic E-state index is -0.780. The van der Waals surface area contributed by atoms with E-state index >= 15 is 0 Å². The van der Waals surface area contributed by atoms with Crippen molar-refractivity contribution in [1.29, 1.82) is 0 Å². The maximum atomic E-state index is 12.4. The van der Waals surface area contributed by atoms with Gasteiger partial charge in [-0.3, -0.25) is 9.59 Å². The van der Waals surface area contributed by atoms with Crippen molar-refractivity contribution < 1.29 is 19.4 Å². The maximum Gasteiger partial charge on any atom is 0.306 e. The summed E-state index contributed by atoms with van der Waals surface area (Å²) in [6.45, 7) is 7.90. The first-order chi connectivity index (χ1) is 11.3. The molecule has 132 valence electrons. The molecule has 24 heavy (non-hydrogen) atoms. The van der Waals surface area contributed by atoms with E-state index < -0.39 is 12.1 Å². The van der Waals surface area contributed by atoms with Crippen molar-refractivity contribution in [2.24, 2.45) is 5.92 Å². The molecule has 0 spiro atoms. The second-order valence-electron chi connectivity index (χ2n) is 7.01. The van der Waals surface area contributed by atoms with Crippen molar-refractivity contribution >= 4 is 11.9 Å². The zero-order valence-electron chi connectivity index (χ0n) is 14.8. The maximum absolute atomic E-state index is 12.4. The van der Waals surface area contributed by atoms with Crippen molar-refractivity contribution in [2.45, 2.75) is 65.0 Å². The van der Waals surface area contributed by atoms with Crippen molar-refractivity contribution in [1.82, 2.24) is 5.32 Å². The van der Waals surface area contributed by atoms with E-state index in [4.69, 9.17) is 9.84 Å². The summed E-state index contributed by atoms with van der Waals surface area (Å²) in [5.41, 5.74) is 2.16. The highest BCUT2D eigenvalue weighted by molar-refractivity contribution is 5.81. The standard InChI is InChI=1S/C19H27NO4/c1-11(2)16-8-5-12(3)9-17(16)24-13(4)18(21)20-15-7-6-14(10-15)19(22)23/h5,8-9,11,13-15H,6-7,10H2,1-4H3,(H,20,21)(H,22,23)/t13?,14-,15+/m1/s1. The predicted octanol–water partition coefficient (Wildman–Crippen LogP) is 3.26. The van der Waals surface area contributed by atoms with E-state index in [2.05, 4.69) is 19.2 Å². The molecule has 1 fully saturated rings. The number of carboxylic acids is 1. The van der Waals surface area contributed by atoms with Crippen LogP contribution in [-0.2, 0) is 9.59 Å². The lowest BCUT2D eigenvalue weighted by Gasteiger charge is -2.21. The van der Waals surface area contributed by atoms with Crippen LogP contribution in [0.1, 0.15) is 57.1 Å². The smallest absolute Gasteiger partial charge is 0.306 e. The quantitative estimate of drug-likeness (QED) is 0.838. The minimum absolute atomic E-state index is 0.0771. The van der Waals surface area contributed by atoms with Crippen molar-refractivity contribution in [3.8, 4) is 5.75 Å². The molecule has 0 saturated heterocycles. The highest BCUT2D eigenvalue weighted by Gasteiger charge is 2.31. The number of carbonyl (C=O) groups excluding carboxylic acids is 1. The van der Waals surface area contributed by atoms with Crippen LogP contribution in [0.5, 0.6) is 5.75 Å². The Morgan fingerprint density at radius 1 is 1.25 bits per heavy atom. The summed E-state index contributed by atoms with van der Waals surface area (Å²) < 4.78 is 5.91. The molecule has 0 bridgehead atoms. The SMILES string of the molecule is Cc1ccc(C(C)C)c(OC(C)C(=O)N[C@H]2CC[C@@H](C(=O)O)C2)c1. The van der Waals surface area contributed by atoms with Crippen molar-refractivity contribution in [2.75, 3.05) is 0 Å². The topological polar surface area (TPSA) is 75.6 Å². The van der Waals surface area contributed by atoms with Gasteiger partial charge in [-0.15, -0.1) is 0 Å². The lowest BCUT2D eigenvalue weighted by molar-refractivity contribution is -0.141. The number of benzene rings is 1. The summed E-state index contributed by atoms with van der Waals surface area (Å²) in [5, 5.41) is 12.0. The van der Waals surface area contributed by atoms with Crippen LogP contribution in [-0.4, -0.2) is 29.1 Å². The Balaban J connectivity index is 1.97. The average molecular weight is 333 g/mol. The van der Waals surface area contributed by atoms with Gasteiger partial charge in [0, 0.05) is 6.04 Å². The van der Waals surface area contributed by atoms with Crippen LogP contribution >= 0.6 is 0 Å². The average Bonchev–Trinajstić information content (AvgIpc) is 2.95. The molecule has 1 saturated carbocycles. The van der Waals surface area contributed by atoms with Crippen molar-refractivity contribution in [3.63, 3.8) is 0 Å². The highest BCUT2D eigenvalue weighted by Crippen LogP contribution is 2.29. The molecule has 5 nitrogen and oxygen atoms in total. The largest absolute Gasteiger partial charge is 0.481 e. The fourth-order valence-electron chi connectivity index (χ4n) is 3.12. The van der Waals surface area contributed by atoms with Gasteiger partial charge in [0.1, 0.15) is 5.75 Å². The molecule has 1 unspecified atom stereocenters. The number of carbonyl (C=O) groups is 2. The Hall–Kier alpha value is -2.04. The zero-order valence-corrected chi connectivity index (χ0v) is 14.8. The number of rotatable bonds is 6. The number of aliphatic carboxylic acids is 1. The molecule has 1 aliphatic rings. The molecule has 1 aromatic carbocycles. The molecule has 2 N–H and O–H groups in total. The number of amides is 1. The molecule has 5 heteroatoms. The molecule has 2 rings (SSSR count). The van der Waals surface area contributed by atoms with Crippen LogP contribution in [0.2, 0.25) is 0 Å². The summed E-state index contributed by atoms with van der Waals surface area (Å²) >= 11 is 0. The highest BCUT2D eigenvalue weighted by atomic mass is 16.5. The second kappa shape index (κ2) is 7.69. The van der Waals surface area contributed by atoms with E-state index in [9.17, 15) is 9.59 Å². The van der Waals surface area contributed by atoms with Crippen molar-refractivity contribution in [3.05, 3.63) is 29.3 Å². The fourth-order valence-corrected chi connectivity index (χ4v) is 3.12. The summed E-state index contributed by atoms with van der Waals surface area (Å²) in [6.07, 6.45) is 1.20. The summed E-state index contributed by atoms with van der Waals surface area (Å²) in [4.78, 5) is 23.4. The van der Waals surface area contributed by atoms with Gasteiger partial charge < -0.3 is 15.2 Å². The Bertz CT molecular complexity index is 611. The van der Waals surface area contributed by atoms with E-state index in [1.165, 1.54) is 0 Å². The molecule has 1 aromatic rings. The van der Waals surface area contributed by atoms with Crippen LogP contribution in [0.3, 0.4) is 0 Å². The minimum Gasteiger partial charge on any atom is -0.481 e. The van der Waals surface area contributed by atoms with Crippen LogP contribution < -0.4 is 10.1 Å². The van der Waals surface area contributed by atoms with Gasteiger partial charge in [-0.05, 0) is 56.2 Å². The first-order valence-corrected chi connectivity index (χ1v) is 8.58. The number of hydrogen-bond donors (Lipinski definition) is 2. The third-order valence-electron chi connectivity index (χ3n) is 4.59. The Morgan fingerprint density at radius 3 is 2.54 bits per heavy atom. The lowest BCUT2D eigenvalue weighted by Crippen LogP contribution is -2.41. The lowest BCUT2D eigenvalue weighted by atomic mass is 10.0. The van der Waals surface area contributed by atoms with Gasteiger partial charge >= 0.3 is 5.97 Å². The molecular weight excluding hydrogens is 306 g/mol. The number of hydrogen-bond acceptors (Lipinski definition) is 3. The Morgan fingerprint density at radius 2 is 1.96 bits per heavy atom. The second-order valence-corrected chi connectivity index (χ2v) is 7.01. The van der Waals surface area contributed by atoms with Crippen LogP contribution in [0.4, 0.5) is 0 Å². The monoisotopic (exact) mass is 333 g/mol. The van der Waals surface area contributed by atoms with E-state index in [0.29, 0.717) is 25.2 Å². The molecule has 1 amide bonds. The molecular formula is C19H27NO4. The van der Waals surface area contributed by atoms with Crippen LogP contribution in [0.25, 0.3) is 0 Å². The summed E-state index contributed by atoms with van der Waals surface area (Å²) in [5.74, 6) is -0.278. The first-order valence-electron chi connectivity index (χ1n) is 8.58. The van der Waals surface area contributed by atoms with Gasteiger partial charge in [-0.2, -0.15) is 0 Å². The van der Waals surface area contributed by atoms with Gasteiger partial charge in [-0.25, -0.2) is 0 Å². The molecule has 1 aliphatic carbocycles. The first kappa shape index (κ1) is 18.3. The number of ether oxygens (including phenoxy) is 1. The normalized spacial score (nSPS) is 21.5. The van der Waals surface area contributed by atoms with E-state index in [-0.39, 0.29) is 17.9 Å². The van der Waals surface area contributed by atoms with Gasteiger partial charge in [0.2, 0.25) is 0 Å². The van der Waals surface area contributed by atoms with Crippen LogP contribution in [0, 0.1) is 12.8 Å². The summed E-state index contributed by atoms with van der Waals surface area (Å²) in [6, 6.07) is 5.95. The summed E-state index contributed by atoms with van der Waals surface area (Å²) in [7, 11) is 0. The Kier molecular flexibility index (Phi) is 5.86. The Labute approximate surface area is 143 Å².